The predicted octanol–water partition coefficient (Wildman–Crippen LogP) is 2.12. The summed E-state index contributed by atoms with van der Waals surface area (Å²) >= 11 is 0. The molecule has 2 saturated heterocycles. The SMILES string of the molecule is CCN(CC)c1cccc(NC(=O)c2cc(OCCN3CCOCC3)nc(N3CCOCC3)n2)c1. The van der Waals surface area contributed by atoms with E-state index in [2.05, 4.69) is 38.9 Å². The standard InChI is InChI=1S/C25H36N6O4/c1-3-30(4-2)21-7-5-6-20(18-21)26-24(32)22-19-23(35-17-10-29-8-13-33-14-9-29)28-25(27-22)31-11-15-34-16-12-31/h5-7,18-19H,3-4,8-17H2,1-2H3,(H,26,32). The van der Waals surface area contributed by atoms with E-state index >= 15 is 0 Å². The number of rotatable bonds is 10. The van der Waals surface area contributed by atoms with Gasteiger partial charge in [0.2, 0.25) is 11.8 Å². The molecule has 0 unspecified atom stereocenters. The minimum absolute atomic E-state index is 0.274. The molecule has 10 nitrogen and oxygen atoms in total. The first-order valence-corrected chi connectivity index (χ1v) is 12.5. The van der Waals surface area contributed by atoms with Crippen molar-refractivity contribution in [3.63, 3.8) is 0 Å². The van der Waals surface area contributed by atoms with Gasteiger partial charge in [-0.1, -0.05) is 6.07 Å². The Hall–Kier alpha value is -2.95. The second-order valence-electron chi connectivity index (χ2n) is 8.47. The second kappa shape index (κ2) is 12.7. The molecule has 1 aromatic carbocycles. The lowest BCUT2D eigenvalue weighted by molar-refractivity contribution is 0.0320. The van der Waals surface area contributed by atoms with Gasteiger partial charge in [-0.2, -0.15) is 4.98 Å². The largest absolute Gasteiger partial charge is 0.476 e. The number of hydrogen-bond acceptors (Lipinski definition) is 9. The van der Waals surface area contributed by atoms with Crippen LogP contribution in [0.15, 0.2) is 30.3 Å². The number of amides is 1. The molecule has 2 aliphatic heterocycles. The average molecular weight is 485 g/mol. The third kappa shape index (κ3) is 7.03. The molecule has 0 aliphatic carbocycles. The number of benzene rings is 1. The highest BCUT2D eigenvalue weighted by atomic mass is 16.5. The summed E-state index contributed by atoms with van der Waals surface area (Å²) in [5.41, 5.74) is 2.06. The van der Waals surface area contributed by atoms with Gasteiger partial charge in [0.15, 0.2) is 0 Å². The molecule has 190 valence electrons. The quantitative estimate of drug-likeness (QED) is 0.544. The van der Waals surface area contributed by atoms with E-state index in [1.54, 1.807) is 6.07 Å². The number of carbonyl (C=O) groups is 1. The summed E-state index contributed by atoms with van der Waals surface area (Å²) in [5.74, 6) is 0.590. The maximum atomic E-state index is 13.2. The molecule has 0 spiro atoms. The van der Waals surface area contributed by atoms with Gasteiger partial charge in [-0.25, -0.2) is 4.98 Å². The number of nitrogens with zero attached hydrogens (tertiary/aromatic N) is 5. The van der Waals surface area contributed by atoms with E-state index in [0.717, 1.165) is 57.3 Å². The van der Waals surface area contributed by atoms with E-state index in [4.69, 9.17) is 14.2 Å². The monoisotopic (exact) mass is 484 g/mol. The summed E-state index contributed by atoms with van der Waals surface area (Å²) in [6, 6.07) is 9.48. The van der Waals surface area contributed by atoms with Crippen LogP contribution >= 0.6 is 0 Å². The summed E-state index contributed by atoms with van der Waals surface area (Å²) in [6.07, 6.45) is 0. The summed E-state index contributed by atoms with van der Waals surface area (Å²) in [6.45, 7) is 13.1. The van der Waals surface area contributed by atoms with Crippen LogP contribution in [0.3, 0.4) is 0 Å². The molecule has 35 heavy (non-hydrogen) atoms. The zero-order valence-corrected chi connectivity index (χ0v) is 20.7. The van der Waals surface area contributed by atoms with Crippen molar-refractivity contribution in [1.82, 2.24) is 14.9 Å². The molecule has 2 aromatic rings. The summed E-state index contributed by atoms with van der Waals surface area (Å²) in [5, 5.41) is 2.99. The van der Waals surface area contributed by atoms with Crippen LogP contribution in [0.25, 0.3) is 0 Å². The predicted molar refractivity (Wildman–Crippen MR) is 136 cm³/mol. The zero-order chi connectivity index (χ0) is 24.5. The lowest BCUT2D eigenvalue weighted by Gasteiger charge is -2.27. The van der Waals surface area contributed by atoms with Crippen LogP contribution in [0.5, 0.6) is 5.88 Å². The van der Waals surface area contributed by atoms with Crippen LogP contribution in [-0.4, -0.2) is 99.6 Å². The highest BCUT2D eigenvalue weighted by molar-refractivity contribution is 6.03. The van der Waals surface area contributed by atoms with E-state index in [0.29, 0.717) is 44.7 Å². The maximum Gasteiger partial charge on any atom is 0.274 e. The van der Waals surface area contributed by atoms with Gasteiger partial charge >= 0.3 is 0 Å². The Balaban J connectivity index is 1.49. The van der Waals surface area contributed by atoms with Crippen molar-refractivity contribution < 1.29 is 19.0 Å². The van der Waals surface area contributed by atoms with Gasteiger partial charge in [-0.05, 0) is 32.0 Å². The molecule has 2 fully saturated rings. The van der Waals surface area contributed by atoms with Crippen LogP contribution in [0.4, 0.5) is 17.3 Å². The lowest BCUT2D eigenvalue weighted by Crippen LogP contribution is -2.39. The van der Waals surface area contributed by atoms with Crippen molar-refractivity contribution in [1.29, 1.82) is 0 Å². The third-order valence-electron chi connectivity index (χ3n) is 6.21. The van der Waals surface area contributed by atoms with Gasteiger partial charge in [0.1, 0.15) is 12.3 Å². The minimum Gasteiger partial charge on any atom is -0.476 e. The van der Waals surface area contributed by atoms with Crippen molar-refractivity contribution >= 4 is 23.2 Å². The molecule has 1 amide bonds. The van der Waals surface area contributed by atoms with Gasteiger partial charge in [-0.3, -0.25) is 9.69 Å². The van der Waals surface area contributed by atoms with E-state index in [-0.39, 0.29) is 11.6 Å². The van der Waals surface area contributed by atoms with Crippen molar-refractivity contribution in [2.45, 2.75) is 13.8 Å². The summed E-state index contributed by atoms with van der Waals surface area (Å²) in [7, 11) is 0. The molecule has 0 radical (unpaired) electrons. The number of anilines is 3. The number of hydrogen-bond donors (Lipinski definition) is 1. The maximum absolute atomic E-state index is 13.2. The average Bonchev–Trinajstić information content (AvgIpc) is 2.90. The summed E-state index contributed by atoms with van der Waals surface area (Å²) < 4.78 is 16.8. The van der Waals surface area contributed by atoms with Crippen LogP contribution in [-0.2, 0) is 9.47 Å². The fourth-order valence-electron chi connectivity index (χ4n) is 4.18. The van der Waals surface area contributed by atoms with E-state index in [1.807, 2.05) is 29.2 Å². The number of nitrogens with one attached hydrogen (secondary N) is 1. The molecule has 0 saturated carbocycles. The molecular weight excluding hydrogens is 448 g/mol. The summed E-state index contributed by atoms with van der Waals surface area (Å²) in [4.78, 5) is 28.9. The topological polar surface area (TPSA) is 92.3 Å². The molecule has 10 heteroatoms. The second-order valence-corrected chi connectivity index (χ2v) is 8.47. The zero-order valence-electron chi connectivity index (χ0n) is 20.7. The Morgan fingerprint density at radius 2 is 1.74 bits per heavy atom. The minimum atomic E-state index is -0.295. The van der Waals surface area contributed by atoms with Crippen molar-refractivity contribution in [3.05, 3.63) is 36.0 Å². The highest BCUT2D eigenvalue weighted by Gasteiger charge is 2.20. The molecule has 3 heterocycles. The Morgan fingerprint density at radius 1 is 1.03 bits per heavy atom. The van der Waals surface area contributed by atoms with E-state index < -0.39 is 0 Å². The Kier molecular flexibility index (Phi) is 9.10. The molecular formula is C25H36N6O4. The van der Waals surface area contributed by atoms with Crippen LogP contribution in [0.2, 0.25) is 0 Å². The first-order chi connectivity index (χ1) is 17.2. The van der Waals surface area contributed by atoms with Gasteiger partial charge in [0, 0.05) is 63.3 Å². The number of morpholine rings is 2. The van der Waals surface area contributed by atoms with E-state index in [9.17, 15) is 4.79 Å². The van der Waals surface area contributed by atoms with Crippen molar-refractivity contribution in [3.8, 4) is 5.88 Å². The molecule has 2 aliphatic rings. The highest BCUT2D eigenvalue weighted by Crippen LogP contribution is 2.22. The van der Waals surface area contributed by atoms with Gasteiger partial charge in [0.25, 0.3) is 5.91 Å². The number of carbonyl (C=O) groups excluding carboxylic acids is 1. The van der Waals surface area contributed by atoms with Gasteiger partial charge in [-0.15, -0.1) is 0 Å². The molecule has 0 atom stereocenters. The molecule has 4 rings (SSSR count). The van der Waals surface area contributed by atoms with Crippen LogP contribution in [0.1, 0.15) is 24.3 Å². The third-order valence-corrected chi connectivity index (χ3v) is 6.21. The molecule has 1 N–H and O–H groups in total. The van der Waals surface area contributed by atoms with Gasteiger partial charge in [0.05, 0.1) is 26.4 Å². The number of ether oxygens (including phenoxy) is 3. The normalized spacial score (nSPS) is 16.7. The number of aromatic nitrogens is 2. The molecule has 0 bridgehead atoms. The fraction of sp³-hybridized carbons (Fsp3) is 0.560. The Morgan fingerprint density at radius 3 is 2.46 bits per heavy atom. The Labute approximate surface area is 207 Å². The fourth-order valence-corrected chi connectivity index (χ4v) is 4.18. The van der Waals surface area contributed by atoms with Crippen molar-refractivity contribution in [2.75, 3.05) is 94.0 Å². The Bertz CT molecular complexity index is 959. The van der Waals surface area contributed by atoms with Gasteiger partial charge < -0.3 is 29.3 Å². The van der Waals surface area contributed by atoms with Crippen LogP contribution in [0, 0.1) is 0 Å². The first-order valence-electron chi connectivity index (χ1n) is 12.5. The van der Waals surface area contributed by atoms with Crippen LogP contribution < -0.4 is 19.9 Å². The van der Waals surface area contributed by atoms with E-state index in [1.165, 1.54) is 0 Å². The first kappa shape index (κ1) is 25.2. The lowest BCUT2D eigenvalue weighted by atomic mass is 10.2. The van der Waals surface area contributed by atoms with Crippen molar-refractivity contribution in [2.24, 2.45) is 0 Å². The molecule has 1 aromatic heterocycles. The smallest absolute Gasteiger partial charge is 0.274 e.